The molecule has 0 saturated carbocycles. The van der Waals surface area contributed by atoms with Crippen LogP contribution >= 0.6 is 28.3 Å². The number of thiazole rings is 1. The first-order chi connectivity index (χ1) is 6.40. The third kappa shape index (κ3) is 2.76. The zero-order valence-electron chi connectivity index (χ0n) is 8.21. The zero-order valence-corrected chi connectivity index (χ0v) is 10.7. The summed E-state index contributed by atoms with van der Waals surface area (Å²) in [6.45, 7) is 2.80. The third-order valence-electron chi connectivity index (χ3n) is 2.16. The summed E-state index contributed by atoms with van der Waals surface area (Å²) in [5, 5.41) is 4.49. The van der Waals surface area contributed by atoms with Crippen molar-refractivity contribution in [3.05, 3.63) is 15.6 Å². The van der Waals surface area contributed by atoms with Gasteiger partial charge in [-0.15, -0.1) is 28.3 Å². The summed E-state index contributed by atoms with van der Waals surface area (Å²) >= 11 is 1.80. The van der Waals surface area contributed by atoms with Crippen LogP contribution in [-0.2, 0) is 24.2 Å². The fourth-order valence-corrected chi connectivity index (χ4v) is 2.63. The zero-order chi connectivity index (χ0) is 9.10. The Morgan fingerprint density at radius 1 is 1.43 bits per heavy atom. The van der Waals surface area contributed by atoms with Crippen molar-refractivity contribution < 1.29 is 4.74 Å². The molecule has 0 amide bonds. The highest BCUT2D eigenvalue weighted by Gasteiger charge is 2.12. The minimum atomic E-state index is 0. The molecular weight excluding hydrogens is 264 g/mol. The Morgan fingerprint density at radius 3 is 3.00 bits per heavy atom. The standard InChI is InChI=1S/C9H14N2OS.BrH/c1-12-6-9-11-7-2-4-10-5-3-8(7)13-9;/h10H,2-6H2,1H3;1H. The first kappa shape index (κ1) is 12.1. The molecule has 0 fully saturated rings. The summed E-state index contributed by atoms with van der Waals surface area (Å²) in [6, 6.07) is 0. The molecule has 1 N–H and O–H groups in total. The van der Waals surface area contributed by atoms with Gasteiger partial charge in [-0.05, 0) is 6.42 Å². The van der Waals surface area contributed by atoms with Crippen LogP contribution in [0.3, 0.4) is 0 Å². The van der Waals surface area contributed by atoms with Gasteiger partial charge >= 0.3 is 0 Å². The van der Waals surface area contributed by atoms with E-state index >= 15 is 0 Å². The Morgan fingerprint density at radius 2 is 2.21 bits per heavy atom. The second-order valence-electron chi connectivity index (χ2n) is 3.16. The van der Waals surface area contributed by atoms with Crippen molar-refractivity contribution in [2.24, 2.45) is 0 Å². The highest BCUT2D eigenvalue weighted by atomic mass is 79.9. The van der Waals surface area contributed by atoms with Crippen molar-refractivity contribution in [3.8, 4) is 0 Å². The number of fused-ring (bicyclic) bond motifs is 1. The lowest BCUT2D eigenvalue weighted by Crippen LogP contribution is -2.16. The maximum atomic E-state index is 5.07. The largest absolute Gasteiger partial charge is 0.378 e. The molecule has 2 heterocycles. The molecule has 0 aliphatic carbocycles. The number of nitrogens with zero attached hydrogens (tertiary/aromatic N) is 1. The lowest BCUT2D eigenvalue weighted by Gasteiger charge is -1.95. The van der Waals surface area contributed by atoms with Crippen LogP contribution in [0.15, 0.2) is 0 Å². The fourth-order valence-electron chi connectivity index (χ4n) is 1.55. The van der Waals surface area contributed by atoms with E-state index in [0.29, 0.717) is 6.61 Å². The summed E-state index contributed by atoms with van der Waals surface area (Å²) < 4.78 is 5.07. The topological polar surface area (TPSA) is 34.1 Å². The molecule has 1 aliphatic heterocycles. The maximum absolute atomic E-state index is 5.07. The normalized spacial score (nSPS) is 15.5. The minimum Gasteiger partial charge on any atom is -0.378 e. The highest BCUT2D eigenvalue weighted by molar-refractivity contribution is 8.93. The van der Waals surface area contributed by atoms with E-state index in [1.807, 2.05) is 0 Å². The molecule has 2 rings (SSSR count). The number of methoxy groups -OCH3 is 1. The van der Waals surface area contributed by atoms with Crippen LogP contribution in [0.2, 0.25) is 0 Å². The first-order valence-corrected chi connectivity index (χ1v) is 5.39. The number of nitrogens with one attached hydrogen (secondary N) is 1. The molecule has 0 atom stereocenters. The van der Waals surface area contributed by atoms with Crippen molar-refractivity contribution in [2.75, 3.05) is 20.2 Å². The average Bonchev–Trinajstić information content (AvgIpc) is 2.37. The molecule has 0 aromatic carbocycles. The van der Waals surface area contributed by atoms with Gasteiger partial charge in [0.1, 0.15) is 5.01 Å². The predicted molar refractivity (Wildman–Crippen MR) is 63.4 cm³/mol. The van der Waals surface area contributed by atoms with Gasteiger partial charge in [-0.2, -0.15) is 0 Å². The molecular formula is C9H15BrN2OS. The molecule has 14 heavy (non-hydrogen) atoms. The van der Waals surface area contributed by atoms with Crippen molar-refractivity contribution in [3.63, 3.8) is 0 Å². The van der Waals surface area contributed by atoms with Gasteiger partial charge in [0.2, 0.25) is 0 Å². The molecule has 0 spiro atoms. The predicted octanol–water partition coefficient (Wildman–Crippen LogP) is 1.56. The van der Waals surface area contributed by atoms with E-state index in [1.54, 1.807) is 18.4 Å². The van der Waals surface area contributed by atoms with Gasteiger partial charge in [-0.25, -0.2) is 4.98 Å². The quantitative estimate of drug-likeness (QED) is 0.892. The Balaban J connectivity index is 0.000000980. The number of aromatic nitrogens is 1. The van der Waals surface area contributed by atoms with E-state index in [2.05, 4.69) is 10.3 Å². The van der Waals surface area contributed by atoms with Crippen molar-refractivity contribution in [2.45, 2.75) is 19.4 Å². The van der Waals surface area contributed by atoms with Crippen molar-refractivity contribution in [1.29, 1.82) is 0 Å². The van der Waals surface area contributed by atoms with E-state index in [0.717, 1.165) is 30.9 Å². The minimum absolute atomic E-state index is 0. The molecule has 0 unspecified atom stereocenters. The van der Waals surface area contributed by atoms with Crippen molar-refractivity contribution >= 4 is 28.3 Å². The second kappa shape index (κ2) is 5.80. The SMILES string of the molecule is Br.COCc1nc2c(s1)CCNCC2. The van der Waals surface area contributed by atoms with E-state index in [9.17, 15) is 0 Å². The third-order valence-corrected chi connectivity index (χ3v) is 3.29. The van der Waals surface area contributed by atoms with E-state index in [-0.39, 0.29) is 17.0 Å². The number of rotatable bonds is 2. The number of halogens is 1. The van der Waals surface area contributed by atoms with Crippen LogP contribution in [0, 0.1) is 0 Å². The number of hydrogen-bond acceptors (Lipinski definition) is 4. The van der Waals surface area contributed by atoms with Crippen LogP contribution in [0.5, 0.6) is 0 Å². The van der Waals surface area contributed by atoms with E-state index in [1.165, 1.54) is 10.6 Å². The number of ether oxygens (including phenoxy) is 1. The smallest absolute Gasteiger partial charge is 0.119 e. The second-order valence-corrected chi connectivity index (χ2v) is 4.33. The molecule has 5 heteroatoms. The molecule has 0 saturated heterocycles. The molecule has 80 valence electrons. The van der Waals surface area contributed by atoms with Gasteiger partial charge in [0.15, 0.2) is 0 Å². The summed E-state index contributed by atoms with van der Waals surface area (Å²) in [4.78, 5) is 6.00. The fraction of sp³-hybridized carbons (Fsp3) is 0.667. The van der Waals surface area contributed by atoms with Crippen LogP contribution in [0.25, 0.3) is 0 Å². The average molecular weight is 279 g/mol. The summed E-state index contributed by atoms with van der Waals surface area (Å²) in [5.41, 5.74) is 1.28. The van der Waals surface area contributed by atoms with Gasteiger partial charge in [0.25, 0.3) is 0 Å². The lowest BCUT2D eigenvalue weighted by molar-refractivity contribution is 0.184. The van der Waals surface area contributed by atoms with E-state index < -0.39 is 0 Å². The summed E-state index contributed by atoms with van der Waals surface area (Å²) in [5.74, 6) is 0. The molecule has 1 aromatic rings. The Hall–Kier alpha value is 0.0300. The number of hydrogen-bond donors (Lipinski definition) is 1. The molecule has 1 aliphatic rings. The van der Waals surface area contributed by atoms with Crippen LogP contribution in [-0.4, -0.2) is 25.2 Å². The van der Waals surface area contributed by atoms with Crippen molar-refractivity contribution in [1.82, 2.24) is 10.3 Å². The van der Waals surface area contributed by atoms with Gasteiger partial charge < -0.3 is 10.1 Å². The van der Waals surface area contributed by atoms with Crippen LogP contribution < -0.4 is 5.32 Å². The lowest BCUT2D eigenvalue weighted by atomic mass is 10.2. The van der Waals surface area contributed by atoms with Gasteiger partial charge in [0.05, 0.1) is 12.3 Å². The maximum Gasteiger partial charge on any atom is 0.119 e. The van der Waals surface area contributed by atoms with Gasteiger partial charge in [-0.3, -0.25) is 0 Å². The van der Waals surface area contributed by atoms with Gasteiger partial charge in [-0.1, -0.05) is 0 Å². The molecule has 1 aromatic heterocycles. The Bertz CT molecular complexity index is 267. The molecule has 3 nitrogen and oxygen atoms in total. The first-order valence-electron chi connectivity index (χ1n) is 4.57. The molecule has 0 radical (unpaired) electrons. The Kier molecular flexibility index (Phi) is 5.01. The monoisotopic (exact) mass is 278 g/mol. The highest BCUT2D eigenvalue weighted by Crippen LogP contribution is 2.21. The van der Waals surface area contributed by atoms with E-state index in [4.69, 9.17) is 4.74 Å². The summed E-state index contributed by atoms with van der Waals surface area (Å²) in [7, 11) is 1.72. The van der Waals surface area contributed by atoms with Crippen LogP contribution in [0.1, 0.15) is 15.6 Å². The molecule has 0 bridgehead atoms. The van der Waals surface area contributed by atoms with Crippen LogP contribution in [0.4, 0.5) is 0 Å². The summed E-state index contributed by atoms with van der Waals surface area (Å²) in [6.07, 6.45) is 2.19. The van der Waals surface area contributed by atoms with Gasteiger partial charge in [0, 0.05) is 31.5 Å². The Labute approximate surface area is 98.7 Å².